The Balaban J connectivity index is 2.45. The first-order chi connectivity index (χ1) is 5.47. The third-order valence-corrected chi connectivity index (χ3v) is 1.97. The van der Waals surface area contributed by atoms with E-state index in [4.69, 9.17) is 0 Å². The van der Waals surface area contributed by atoms with Crippen LogP contribution in [0.4, 0.5) is 0 Å². The Morgan fingerprint density at radius 3 is 2.58 bits per heavy atom. The van der Waals surface area contributed by atoms with E-state index in [1.807, 2.05) is 0 Å². The number of rotatable bonds is 0. The van der Waals surface area contributed by atoms with Crippen LogP contribution in [0.15, 0.2) is 0 Å². The molecule has 1 aliphatic heterocycles. The Morgan fingerprint density at radius 1 is 1.50 bits per heavy atom. The molecular weight excluding hydrogens is 150 g/mol. The second-order valence-corrected chi connectivity index (χ2v) is 4.08. The summed E-state index contributed by atoms with van der Waals surface area (Å²) in [7, 11) is 2.10. The molecule has 2 heteroatoms. The molecule has 0 amide bonds. The lowest BCUT2D eigenvalue weighted by Gasteiger charge is -2.08. The molecule has 1 unspecified atom stereocenters. The van der Waals surface area contributed by atoms with Gasteiger partial charge in [-0.2, -0.15) is 0 Å². The molecular formula is C10H17NO. The Kier molecular flexibility index (Phi) is 2.76. The molecule has 12 heavy (non-hydrogen) atoms. The lowest BCUT2D eigenvalue weighted by atomic mass is 10.1. The molecule has 0 aromatic rings. The first-order valence-electron chi connectivity index (χ1n) is 4.41. The maximum absolute atomic E-state index is 9.36. The van der Waals surface area contributed by atoms with Gasteiger partial charge in [0.15, 0.2) is 0 Å². The lowest BCUT2D eigenvalue weighted by Crippen LogP contribution is -2.16. The number of likely N-dealkylation sites (tertiary alicyclic amines) is 1. The summed E-state index contributed by atoms with van der Waals surface area (Å²) >= 11 is 0. The molecule has 1 fully saturated rings. The smallest absolute Gasteiger partial charge is 0.119 e. The fourth-order valence-corrected chi connectivity index (χ4v) is 1.33. The van der Waals surface area contributed by atoms with Crippen molar-refractivity contribution in [1.29, 1.82) is 0 Å². The average Bonchev–Trinajstić information content (AvgIpc) is 2.30. The van der Waals surface area contributed by atoms with Crippen LogP contribution >= 0.6 is 0 Å². The molecule has 0 bridgehead atoms. The van der Waals surface area contributed by atoms with E-state index in [2.05, 4.69) is 23.8 Å². The fraction of sp³-hybridized carbons (Fsp3) is 0.800. The second-order valence-electron chi connectivity index (χ2n) is 4.08. The predicted molar refractivity (Wildman–Crippen MR) is 49.7 cm³/mol. The van der Waals surface area contributed by atoms with Crippen LogP contribution in [0.3, 0.4) is 0 Å². The lowest BCUT2D eigenvalue weighted by molar-refractivity contribution is 0.143. The quantitative estimate of drug-likeness (QED) is 0.537. The van der Waals surface area contributed by atoms with Crippen LogP contribution in [0.25, 0.3) is 0 Å². The molecule has 2 nitrogen and oxygen atoms in total. The van der Waals surface area contributed by atoms with Crippen molar-refractivity contribution < 1.29 is 5.11 Å². The van der Waals surface area contributed by atoms with E-state index < -0.39 is 5.60 Å². The predicted octanol–water partition coefficient (Wildman–Crippen LogP) is 0.712. The first-order valence-corrected chi connectivity index (χ1v) is 4.41. The van der Waals surface area contributed by atoms with Gasteiger partial charge in [-0.05, 0) is 33.9 Å². The monoisotopic (exact) mass is 167 g/mol. The van der Waals surface area contributed by atoms with Crippen LogP contribution in [0.2, 0.25) is 0 Å². The third kappa shape index (κ3) is 3.25. The summed E-state index contributed by atoms with van der Waals surface area (Å²) in [6.07, 6.45) is 1.14. The van der Waals surface area contributed by atoms with Crippen LogP contribution in [-0.4, -0.2) is 35.7 Å². The molecule has 0 spiro atoms. The topological polar surface area (TPSA) is 23.5 Å². The van der Waals surface area contributed by atoms with Crippen molar-refractivity contribution >= 4 is 0 Å². The van der Waals surface area contributed by atoms with E-state index >= 15 is 0 Å². The minimum atomic E-state index is -0.832. The van der Waals surface area contributed by atoms with Crippen molar-refractivity contribution in [2.24, 2.45) is 5.92 Å². The molecule has 0 radical (unpaired) electrons. The van der Waals surface area contributed by atoms with Crippen molar-refractivity contribution in [3.63, 3.8) is 0 Å². The SMILES string of the molecule is CN1CCC(C#CC(C)(C)O)C1. The summed E-state index contributed by atoms with van der Waals surface area (Å²) in [6, 6.07) is 0. The second kappa shape index (κ2) is 3.47. The van der Waals surface area contributed by atoms with Crippen LogP contribution in [-0.2, 0) is 0 Å². The Labute approximate surface area is 74.6 Å². The van der Waals surface area contributed by atoms with Crippen LogP contribution < -0.4 is 0 Å². The first kappa shape index (κ1) is 9.57. The van der Waals surface area contributed by atoms with E-state index in [0.717, 1.165) is 19.5 Å². The zero-order valence-electron chi connectivity index (χ0n) is 8.09. The number of hydrogen-bond donors (Lipinski definition) is 1. The Bertz CT molecular complexity index is 206. The van der Waals surface area contributed by atoms with Gasteiger partial charge in [0.1, 0.15) is 5.60 Å². The van der Waals surface area contributed by atoms with E-state index in [1.165, 1.54) is 0 Å². The van der Waals surface area contributed by atoms with Gasteiger partial charge in [-0.1, -0.05) is 11.8 Å². The average molecular weight is 167 g/mol. The molecule has 1 heterocycles. The van der Waals surface area contributed by atoms with Crippen LogP contribution in [0.1, 0.15) is 20.3 Å². The van der Waals surface area contributed by atoms with E-state index in [0.29, 0.717) is 5.92 Å². The highest BCUT2D eigenvalue weighted by Crippen LogP contribution is 2.13. The van der Waals surface area contributed by atoms with Crippen molar-refractivity contribution in [1.82, 2.24) is 4.90 Å². The van der Waals surface area contributed by atoms with E-state index in [-0.39, 0.29) is 0 Å². The summed E-state index contributed by atoms with van der Waals surface area (Å²) in [4.78, 5) is 2.27. The highest BCUT2D eigenvalue weighted by Gasteiger charge is 2.17. The minimum Gasteiger partial charge on any atom is -0.378 e. The van der Waals surface area contributed by atoms with Crippen molar-refractivity contribution in [2.75, 3.05) is 20.1 Å². The van der Waals surface area contributed by atoms with Gasteiger partial charge in [-0.3, -0.25) is 0 Å². The number of aliphatic hydroxyl groups is 1. The van der Waals surface area contributed by atoms with E-state index in [9.17, 15) is 5.11 Å². The Hall–Kier alpha value is -0.520. The summed E-state index contributed by atoms with van der Waals surface area (Å²) in [5.74, 6) is 6.43. The molecule has 0 aromatic heterocycles. The van der Waals surface area contributed by atoms with Gasteiger partial charge in [0.2, 0.25) is 0 Å². The summed E-state index contributed by atoms with van der Waals surface area (Å²) in [5, 5.41) is 9.36. The molecule has 0 saturated carbocycles. The van der Waals surface area contributed by atoms with E-state index in [1.54, 1.807) is 13.8 Å². The normalized spacial score (nSPS) is 25.2. The molecule has 1 saturated heterocycles. The third-order valence-electron chi connectivity index (χ3n) is 1.97. The van der Waals surface area contributed by atoms with Gasteiger partial charge in [0.25, 0.3) is 0 Å². The maximum Gasteiger partial charge on any atom is 0.119 e. The van der Waals surface area contributed by atoms with Crippen molar-refractivity contribution in [2.45, 2.75) is 25.9 Å². The van der Waals surface area contributed by atoms with Gasteiger partial charge in [0.05, 0.1) is 0 Å². The van der Waals surface area contributed by atoms with Gasteiger partial charge >= 0.3 is 0 Å². The highest BCUT2D eigenvalue weighted by molar-refractivity contribution is 5.13. The van der Waals surface area contributed by atoms with Gasteiger partial charge < -0.3 is 10.0 Å². The zero-order chi connectivity index (χ0) is 9.19. The summed E-state index contributed by atoms with van der Waals surface area (Å²) in [6.45, 7) is 5.62. The molecule has 1 atom stereocenters. The number of hydrogen-bond acceptors (Lipinski definition) is 2. The highest BCUT2D eigenvalue weighted by atomic mass is 16.3. The molecule has 0 aliphatic carbocycles. The molecule has 1 rings (SSSR count). The molecule has 0 aromatic carbocycles. The summed E-state index contributed by atoms with van der Waals surface area (Å²) in [5.41, 5.74) is -0.832. The molecule has 1 aliphatic rings. The van der Waals surface area contributed by atoms with Crippen molar-refractivity contribution in [3.05, 3.63) is 0 Å². The fourth-order valence-electron chi connectivity index (χ4n) is 1.33. The number of nitrogens with zero attached hydrogens (tertiary/aromatic N) is 1. The minimum absolute atomic E-state index is 0.460. The standard InChI is InChI=1S/C10H17NO/c1-10(2,12)6-4-9-5-7-11(3)8-9/h9,12H,5,7-8H2,1-3H3. The summed E-state index contributed by atoms with van der Waals surface area (Å²) < 4.78 is 0. The van der Waals surface area contributed by atoms with Crippen LogP contribution in [0.5, 0.6) is 0 Å². The van der Waals surface area contributed by atoms with Gasteiger partial charge in [0, 0.05) is 12.5 Å². The molecule has 1 N–H and O–H groups in total. The molecule has 68 valence electrons. The zero-order valence-corrected chi connectivity index (χ0v) is 8.09. The Morgan fingerprint density at radius 2 is 2.17 bits per heavy atom. The van der Waals surface area contributed by atoms with Gasteiger partial charge in [-0.15, -0.1) is 0 Å². The van der Waals surface area contributed by atoms with Gasteiger partial charge in [-0.25, -0.2) is 0 Å². The van der Waals surface area contributed by atoms with Crippen molar-refractivity contribution in [3.8, 4) is 11.8 Å². The largest absolute Gasteiger partial charge is 0.378 e. The van der Waals surface area contributed by atoms with Crippen LogP contribution in [0, 0.1) is 17.8 Å². The maximum atomic E-state index is 9.36.